The van der Waals surface area contributed by atoms with Crippen LogP contribution < -0.4 is 11.3 Å². The number of rotatable bonds is 3. The van der Waals surface area contributed by atoms with Gasteiger partial charge in [-0.05, 0) is 36.7 Å². The molecule has 3 aliphatic rings. The molecular weight excluding hydrogens is 188 g/mol. The van der Waals surface area contributed by atoms with Crippen molar-refractivity contribution < 1.29 is 4.74 Å². The Labute approximate surface area is 91.0 Å². The zero-order chi connectivity index (χ0) is 10.3. The van der Waals surface area contributed by atoms with E-state index in [9.17, 15) is 0 Å². The van der Waals surface area contributed by atoms with Crippen molar-refractivity contribution in [1.82, 2.24) is 5.43 Å². The van der Waals surface area contributed by atoms with Gasteiger partial charge in [0.1, 0.15) is 5.76 Å². The maximum atomic E-state index is 5.68. The fraction of sp³-hybridized carbons (Fsp3) is 0.833. The molecule has 15 heavy (non-hydrogen) atoms. The SMILES string of the molecule is NNC(C1=CCCO1)C1C2CCCCC21. The van der Waals surface area contributed by atoms with Crippen LogP contribution in [0.15, 0.2) is 11.8 Å². The van der Waals surface area contributed by atoms with Crippen molar-refractivity contribution in [3.05, 3.63) is 11.8 Å². The van der Waals surface area contributed by atoms with Gasteiger partial charge in [-0.25, -0.2) is 5.43 Å². The fourth-order valence-corrected chi connectivity index (χ4v) is 3.58. The van der Waals surface area contributed by atoms with Gasteiger partial charge in [-0.2, -0.15) is 0 Å². The summed E-state index contributed by atoms with van der Waals surface area (Å²) in [6, 6.07) is 0.292. The van der Waals surface area contributed by atoms with Crippen LogP contribution in [-0.2, 0) is 4.74 Å². The number of nitrogens with two attached hydrogens (primary N) is 1. The minimum atomic E-state index is 0.292. The Morgan fingerprint density at radius 2 is 2.07 bits per heavy atom. The molecule has 3 N–H and O–H groups in total. The van der Waals surface area contributed by atoms with E-state index in [-0.39, 0.29) is 0 Å². The van der Waals surface area contributed by atoms with E-state index in [2.05, 4.69) is 11.5 Å². The standard InChI is InChI=1S/C12H20N2O/c13-14-12(10-6-3-7-15-10)11-8-4-1-2-5-9(8)11/h6,8-9,11-12,14H,1-5,7,13H2. The Bertz CT molecular complexity index is 265. The van der Waals surface area contributed by atoms with Gasteiger partial charge < -0.3 is 4.74 Å². The van der Waals surface area contributed by atoms with Crippen LogP contribution in [0.2, 0.25) is 0 Å². The highest BCUT2D eigenvalue weighted by Gasteiger charge is 2.55. The Hall–Kier alpha value is -0.540. The van der Waals surface area contributed by atoms with Crippen LogP contribution in [0, 0.1) is 17.8 Å². The van der Waals surface area contributed by atoms with E-state index in [0.29, 0.717) is 6.04 Å². The zero-order valence-electron chi connectivity index (χ0n) is 9.11. The quantitative estimate of drug-likeness (QED) is 0.546. The second-order valence-electron chi connectivity index (χ2n) is 5.08. The molecule has 3 unspecified atom stereocenters. The molecule has 3 heteroatoms. The maximum absolute atomic E-state index is 5.68. The van der Waals surface area contributed by atoms with Crippen LogP contribution >= 0.6 is 0 Å². The van der Waals surface area contributed by atoms with Gasteiger partial charge in [0.15, 0.2) is 0 Å². The van der Waals surface area contributed by atoms with Crippen molar-refractivity contribution >= 4 is 0 Å². The van der Waals surface area contributed by atoms with E-state index in [1.54, 1.807) is 0 Å². The monoisotopic (exact) mass is 208 g/mol. The highest BCUT2D eigenvalue weighted by molar-refractivity contribution is 5.16. The number of fused-ring (bicyclic) bond motifs is 1. The van der Waals surface area contributed by atoms with Gasteiger partial charge in [0.2, 0.25) is 0 Å². The third kappa shape index (κ3) is 1.58. The molecule has 3 rings (SSSR count). The molecule has 0 radical (unpaired) electrons. The van der Waals surface area contributed by atoms with Crippen LogP contribution in [0.3, 0.4) is 0 Å². The van der Waals surface area contributed by atoms with Gasteiger partial charge in [0.05, 0.1) is 12.6 Å². The summed E-state index contributed by atoms with van der Waals surface area (Å²) in [6.45, 7) is 0.843. The molecule has 0 bridgehead atoms. The first-order chi connectivity index (χ1) is 7.42. The Morgan fingerprint density at radius 3 is 2.60 bits per heavy atom. The van der Waals surface area contributed by atoms with Gasteiger partial charge in [-0.3, -0.25) is 5.84 Å². The lowest BCUT2D eigenvalue weighted by Crippen LogP contribution is -2.39. The van der Waals surface area contributed by atoms with Crippen LogP contribution in [0.25, 0.3) is 0 Å². The van der Waals surface area contributed by atoms with E-state index >= 15 is 0 Å². The van der Waals surface area contributed by atoms with Crippen LogP contribution in [0.5, 0.6) is 0 Å². The van der Waals surface area contributed by atoms with Gasteiger partial charge >= 0.3 is 0 Å². The van der Waals surface area contributed by atoms with Crippen molar-refractivity contribution in [2.75, 3.05) is 6.61 Å². The van der Waals surface area contributed by atoms with E-state index in [4.69, 9.17) is 10.6 Å². The molecule has 2 fully saturated rings. The van der Waals surface area contributed by atoms with Crippen molar-refractivity contribution in [2.45, 2.75) is 38.1 Å². The number of ether oxygens (including phenoxy) is 1. The molecule has 0 aromatic rings. The summed E-state index contributed by atoms with van der Waals surface area (Å²) in [7, 11) is 0. The van der Waals surface area contributed by atoms with Crippen molar-refractivity contribution in [1.29, 1.82) is 0 Å². The van der Waals surface area contributed by atoms with E-state index in [1.165, 1.54) is 25.7 Å². The summed E-state index contributed by atoms with van der Waals surface area (Å²) in [5.74, 6) is 9.38. The molecule has 1 aliphatic heterocycles. The first-order valence-electron chi connectivity index (χ1n) is 6.21. The summed E-state index contributed by atoms with van der Waals surface area (Å²) in [4.78, 5) is 0. The van der Waals surface area contributed by atoms with Gasteiger partial charge in [-0.15, -0.1) is 0 Å². The molecule has 0 aromatic carbocycles. The Kier molecular flexibility index (Phi) is 2.45. The van der Waals surface area contributed by atoms with E-state index in [1.807, 2.05) is 0 Å². The third-order valence-electron chi connectivity index (χ3n) is 4.33. The lowest BCUT2D eigenvalue weighted by molar-refractivity contribution is 0.205. The molecule has 3 nitrogen and oxygen atoms in total. The predicted molar refractivity (Wildman–Crippen MR) is 58.7 cm³/mol. The Morgan fingerprint density at radius 1 is 1.33 bits per heavy atom. The summed E-state index contributed by atoms with van der Waals surface area (Å²) < 4.78 is 5.63. The number of hydrazine groups is 1. The van der Waals surface area contributed by atoms with Gasteiger partial charge in [0.25, 0.3) is 0 Å². The summed E-state index contributed by atoms with van der Waals surface area (Å²) in [5, 5.41) is 0. The van der Waals surface area contributed by atoms with Gasteiger partial charge in [-0.1, -0.05) is 12.8 Å². The van der Waals surface area contributed by atoms with E-state index < -0.39 is 0 Å². The van der Waals surface area contributed by atoms with Crippen molar-refractivity contribution in [2.24, 2.45) is 23.6 Å². The third-order valence-corrected chi connectivity index (χ3v) is 4.33. The lowest BCUT2D eigenvalue weighted by Gasteiger charge is -2.17. The van der Waals surface area contributed by atoms with Crippen LogP contribution in [0.4, 0.5) is 0 Å². The van der Waals surface area contributed by atoms with Crippen molar-refractivity contribution in [3.8, 4) is 0 Å². The second kappa shape index (κ2) is 3.80. The summed E-state index contributed by atoms with van der Waals surface area (Å²) in [6.07, 6.45) is 8.88. The molecule has 0 amide bonds. The predicted octanol–water partition coefficient (Wildman–Crippen LogP) is 1.56. The zero-order valence-corrected chi connectivity index (χ0v) is 9.11. The summed E-state index contributed by atoms with van der Waals surface area (Å²) >= 11 is 0. The average molecular weight is 208 g/mol. The van der Waals surface area contributed by atoms with E-state index in [0.717, 1.165) is 36.5 Å². The summed E-state index contributed by atoms with van der Waals surface area (Å²) in [5.41, 5.74) is 2.97. The largest absolute Gasteiger partial charge is 0.496 e. The number of nitrogens with one attached hydrogen (secondary N) is 1. The lowest BCUT2D eigenvalue weighted by atomic mass is 10.0. The maximum Gasteiger partial charge on any atom is 0.111 e. The minimum absolute atomic E-state index is 0.292. The van der Waals surface area contributed by atoms with Gasteiger partial charge in [0, 0.05) is 6.42 Å². The average Bonchev–Trinajstić information content (AvgIpc) is 2.74. The van der Waals surface area contributed by atoms with Crippen molar-refractivity contribution in [3.63, 3.8) is 0 Å². The molecule has 2 aliphatic carbocycles. The first-order valence-corrected chi connectivity index (χ1v) is 6.21. The molecule has 3 atom stereocenters. The number of hydrogen-bond donors (Lipinski definition) is 2. The van der Waals surface area contributed by atoms with Crippen LogP contribution in [-0.4, -0.2) is 12.6 Å². The molecule has 84 valence electrons. The first kappa shape index (κ1) is 9.67. The molecule has 0 aromatic heterocycles. The molecule has 2 saturated carbocycles. The van der Waals surface area contributed by atoms with Crippen LogP contribution in [0.1, 0.15) is 32.1 Å². The number of hydrogen-bond acceptors (Lipinski definition) is 3. The highest BCUT2D eigenvalue weighted by Crippen LogP contribution is 2.58. The molecule has 0 spiro atoms. The fourth-order valence-electron chi connectivity index (χ4n) is 3.58. The minimum Gasteiger partial charge on any atom is -0.496 e. The Balaban J connectivity index is 1.69. The normalized spacial score (nSPS) is 40.3. The smallest absolute Gasteiger partial charge is 0.111 e. The molecule has 0 saturated heterocycles. The molecule has 1 heterocycles. The second-order valence-corrected chi connectivity index (χ2v) is 5.08. The molecular formula is C12H20N2O. The topological polar surface area (TPSA) is 47.3 Å². The highest BCUT2D eigenvalue weighted by atomic mass is 16.5.